The van der Waals surface area contributed by atoms with Crippen molar-refractivity contribution in [3.63, 3.8) is 0 Å². The smallest absolute Gasteiger partial charge is 0.251 e. The van der Waals surface area contributed by atoms with Crippen molar-refractivity contribution < 1.29 is 4.79 Å². The monoisotopic (exact) mass is 315 g/mol. The summed E-state index contributed by atoms with van der Waals surface area (Å²) in [5, 5.41) is 3.06. The third kappa shape index (κ3) is 3.72. The van der Waals surface area contributed by atoms with Crippen molar-refractivity contribution in [2.45, 2.75) is 19.9 Å². The molecule has 3 aromatic carbocycles. The number of carbonyl (C=O) groups excluding carboxylic acids is 1. The molecule has 0 radical (unpaired) electrons. The number of hydrogen-bond acceptors (Lipinski definition) is 1. The van der Waals surface area contributed by atoms with E-state index < -0.39 is 0 Å². The normalized spacial score (nSPS) is 11.8. The molecule has 120 valence electrons. The van der Waals surface area contributed by atoms with Crippen molar-refractivity contribution in [1.82, 2.24) is 5.32 Å². The Balaban J connectivity index is 1.71. The minimum atomic E-state index is -0.0432. The fraction of sp³-hybridized carbons (Fsp3) is 0.136. The minimum Gasteiger partial charge on any atom is -0.346 e. The average molecular weight is 315 g/mol. The molecule has 24 heavy (non-hydrogen) atoms. The number of aryl methyl sites for hydroxylation is 1. The lowest BCUT2D eigenvalue weighted by Crippen LogP contribution is -2.26. The van der Waals surface area contributed by atoms with Crippen molar-refractivity contribution in [3.05, 3.63) is 95.6 Å². The summed E-state index contributed by atoms with van der Waals surface area (Å²) < 4.78 is 0. The molecule has 0 aliphatic heterocycles. The Morgan fingerprint density at radius 3 is 2.17 bits per heavy atom. The van der Waals surface area contributed by atoms with E-state index in [4.69, 9.17) is 0 Å². The fourth-order valence-electron chi connectivity index (χ4n) is 2.74. The van der Waals surface area contributed by atoms with Gasteiger partial charge in [-0.2, -0.15) is 0 Å². The van der Waals surface area contributed by atoms with Gasteiger partial charge in [0.1, 0.15) is 0 Å². The summed E-state index contributed by atoms with van der Waals surface area (Å²) in [5.74, 6) is -0.0432. The summed E-state index contributed by atoms with van der Waals surface area (Å²) in [6.45, 7) is 3.99. The highest BCUT2D eigenvalue weighted by molar-refractivity contribution is 5.94. The van der Waals surface area contributed by atoms with Gasteiger partial charge in [0, 0.05) is 5.56 Å². The maximum atomic E-state index is 12.4. The van der Waals surface area contributed by atoms with Crippen LogP contribution in [-0.4, -0.2) is 5.91 Å². The summed E-state index contributed by atoms with van der Waals surface area (Å²) in [7, 11) is 0. The van der Waals surface area contributed by atoms with Crippen LogP contribution in [0.25, 0.3) is 11.1 Å². The highest BCUT2D eigenvalue weighted by atomic mass is 16.1. The molecule has 0 saturated carbocycles. The molecule has 1 amide bonds. The van der Waals surface area contributed by atoms with Gasteiger partial charge in [0.15, 0.2) is 0 Å². The first kappa shape index (κ1) is 16.0. The summed E-state index contributed by atoms with van der Waals surface area (Å²) in [6, 6.07) is 26.2. The van der Waals surface area contributed by atoms with Gasteiger partial charge in [-0.15, -0.1) is 0 Å². The molecule has 0 saturated heterocycles. The number of carbonyl (C=O) groups is 1. The molecule has 0 aromatic heterocycles. The zero-order valence-corrected chi connectivity index (χ0v) is 14.0. The van der Waals surface area contributed by atoms with Crippen LogP contribution in [0.1, 0.15) is 34.5 Å². The quantitative estimate of drug-likeness (QED) is 0.708. The van der Waals surface area contributed by atoms with Crippen LogP contribution >= 0.6 is 0 Å². The van der Waals surface area contributed by atoms with Crippen LogP contribution in [0.15, 0.2) is 78.9 Å². The van der Waals surface area contributed by atoms with Gasteiger partial charge >= 0.3 is 0 Å². The van der Waals surface area contributed by atoms with Gasteiger partial charge in [0.25, 0.3) is 5.91 Å². The molecule has 0 spiro atoms. The zero-order chi connectivity index (χ0) is 16.9. The standard InChI is InChI=1S/C22H21NO/c1-16-7-6-10-21(15-16)22(24)23-17(2)18-11-13-20(14-12-18)19-8-4-3-5-9-19/h3-15,17H,1-2H3,(H,23,24). The molecule has 1 unspecified atom stereocenters. The van der Waals surface area contributed by atoms with E-state index in [1.165, 1.54) is 11.1 Å². The van der Waals surface area contributed by atoms with E-state index in [0.29, 0.717) is 5.56 Å². The third-order valence-corrected chi connectivity index (χ3v) is 4.15. The predicted octanol–water partition coefficient (Wildman–Crippen LogP) is 5.15. The Hall–Kier alpha value is -2.87. The Labute approximate surface area is 143 Å². The molecule has 2 heteroatoms. The second-order valence-corrected chi connectivity index (χ2v) is 6.05. The molecule has 0 aliphatic carbocycles. The molecule has 2 nitrogen and oxygen atoms in total. The summed E-state index contributed by atoms with van der Waals surface area (Å²) >= 11 is 0. The lowest BCUT2D eigenvalue weighted by molar-refractivity contribution is 0.0940. The number of amides is 1. The lowest BCUT2D eigenvalue weighted by atomic mass is 10.0. The third-order valence-electron chi connectivity index (χ3n) is 4.15. The highest BCUT2D eigenvalue weighted by Gasteiger charge is 2.11. The van der Waals surface area contributed by atoms with Crippen molar-refractivity contribution >= 4 is 5.91 Å². The molecule has 3 aromatic rings. The van der Waals surface area contributed by atoms with Gasteiger partial charge < -0.3 is 5.32 Å². The largest absolute Gasteiger partial charge is 0.346 e. The van der Waals surface area contributed by atoms with Gasteiger partial charge in [0.2, 0.25) is 0 Å². The molecule has 0 bridgehead atoms. The molecule has 1 atom stereocenters. The maximum absolute atomic E-state index is 12.4. The predicted molar refractivity (Wildman–Crippen MR) is 98.9 cm³/mol. The number of rotatable bonds is 4. The van der Waals surface area contributed by atoms with E-state index in [9.17, 15) is 4.79 Å². The van der Waals surface area contributed by atoms with E-state index in [-0.39, 0.29) is 11.9 Å². The number of benzene rings is 3. The van der Waals surface area contributed by atoms with Crippen LogP contribution in [-0.2, 0) is 0 Å². The second kappa shape index (κ2) is 7.14. The summed E-state index contributed by atoms with van der Waals surface area (Å²) in [6.07, 6.45) is 0. The maximum Gasteiger partial charge on any atom is 0.251 e. The summed E-state index contributed by atoms with van der Waals surface area (Å²) in [4.78, 5) is 12.4. The van der Waals surface area contributed by atoms with Crippen LogP contribution in [0.2, 0.25) is 0 Å². The van der Waals surface area contributed by atoms with Gasteiger partial charge in [-0.1, -0.05) is 72.3 Å². The Kier molecular flexibility index (Phi) is 4.76. The second-order valence-electron chi connectivity index (χ2n) is 6.05. The minimum absolute atomic E-state index is 0.0390. The van der Waals surface area contributed by atoms with Crippen molar-refractivity contribution in [3.8, 4) is 11.1 Å². The van der Waals surface area contributed by atoms with Crippen LogP contribution < -0.4 is 5.32 Å². The molecule has 0 heterocycles. The van der Waals surface area contributed by atoms with Crippen molar-refractivity contribution in [1.29, 1.82) is 0 Å². The molecule has 3 rings (SSSR count). The van der Waals surface area contributed by atoms with Gasteiger partial charge in [-0.25, -0.2) is 0 Å². The number of hydrogen-bond donors (Lipinski definition) is 1. The summed E-state index contributed by atoms with van der Waals surface area (Å²) in [5.41, 5.74) is 5.25. The van der Waals surface area contributed by atoms with Crippen molar-refractivity contribution in [2.75, 3.05) is 0 Å². The van der Waals surface area contributed by atoms with Crippen LogP contribution in [0.3, 0.4) is 0 Å². The first-order valence-electron chi connectivity index (χ1n) is 8.16. The van der Waals surface area contributed by atoms with E-state index in [1.54, 1.807) is 0 Å². The number of nitrogens with one attached hydrogen (secondary N) is 1. The van der Waals surface area contributed by atoms with Gasteiger partial charge in [-0.05, 0) is 42.7 Å². The van der Waals surface area contributed by atoms with E-state index >= 15 is 0 Å². The zero-order valence-electron chi connectivity index (χ0n) is 14.0. The van der Waals surface area contributed by atoms with Crippen LogP contribution in [0.4, 0.5) is 0 Å². The fourth-order valence-corrected chi connectivity index (χ4v) is 2.74. The molecular weight excluding hydrogens is 294 g/mol. The van der Waals surface area contributed by atoms with Gasteiger partial charge in [0.05, 0.1) is 6.04 Å². The molecule has 0 fully saturated rings. The Morgan fingerprint density at radius 2 is 1.50 bits per heavy atom. The lowest BCUT2D eigenvalue weighted by Gasteiger charge is -2.15. The average Bonchev–Trinajstić information content (AvgIpc) is 2.62. The van der Waals surface area contributed by atoms with E-state index in [0.717, 1.165) is 11.1 Å². The molecule has 0 aliphatic rings. The molecular formula is C22H21NO. The molecule has 1 N–H and O–H groups in total. The van der Waals surface area contributed by atoms with Crippen LogP contribution in [0.5, 0.6) is 0 Å². The Bertz CT molecular complexity index is 822. The topological polar surface area (TPSA) is 29.1 Å². The van der Waals surface area contributed by atoms with Gasteiger partial charge in [-0.3, -0.25) is 4.79 Å². The van der Waals surface area contributed by atoms with E-state index in [2.05, 4.69) is 41.7 Å². The first-order chi connectivity index (χ1) is 11.6. The SMILES string of the molecule is Cc1cccc(C(=O)NC(C)c2ccc(-c3ccccc3)cc2)c1. The van der Waals surface area contributed by atoms with Crippen molar-refractivity contribution in [2.24, 2.45) is 0 Å². The first-order valence-corrected chi connectivity index (χ1v) is 8.16. The highest BCUT2D eigenvalue weighted by Crippen LogP contribution is 2.22. The Morgan fingerprint density at radius 1 is 0.833 bits per heavy atom. The van der Waals surface area contributed by atoms with E-state index in [1.807, 2.05) is 56.3 Å². The van der Waals surface area contributed by atoms with Crippen LogP contribution in [0, 0.1) is 6.92 Å².